The van der Waals surface area contributed by atoms with E-state index in [2.05, 4.69) is 0 Å². The van der Waals surface area contributed by atoms with Gasteiger partial charge in [-0.25, -0.2) is 0 Å². The van der Waals surface area contributed by atoms with Gasteiger partial charge in [0, 0.05) is 47.6 Å². The molecule has 32 heavy (non-hydrogen) atoms. The van der Waals surface area contributed by atoms with E-state index in [1.807, 2.05) is 54.6 Å². The number of aliphatic carboxylic acids is 1. The van der Waals surface area contributed by atoms with Gasteiger partial charge in [-0.3, -0.25) is 9.59 Å². The minimum Gasteiger partial charge on any atom is -0.493 e. The molecule has 3 rings (SSSR count). The molecule has 3 aromatic rings. The molecule has 3 N–H and O–H groups in total. The minimum absolute atomic E-state index is 0. The Balaban J connectivity index is 0.00000363. The van der Waals surface area contributed by atoms with Gasteiger partial charge in [0.1, 0.15) is 17.2 Å². The summed E-state index contributed by atoms with van der Waals surface area (Å²) in [6.07, 6.45) is 1.25. The third-order valence-corrected chi connectivity index (χ3v) is 4.62. The van der Waals surface area contributed by atoms with Crippen LogP contribution >= 0.6 is 0 Å². The van der Waals surface area contributed by atoms with Gasteiger partial charge in [-0.2, -0.15) is 0 Å². The van der Waals surface area contributed by atoms with Crippen LogP contribution in [0.25, 0.3) is 11.1 Å². The van der Waals surface area contributed by atoms with Gasteiger partial charge in [0.15, 0.2) is 0 Å². The van der Waals surface area contributed by atoms with Gasteiger partial charge >= 0.3 is 5.97 Å². The SMILES string of the molecule is NC(=O)Cc1ccc(Oc2cccc(-c3ccccc3)c2)cc1OCCCCC(=O)O.[Na]. The van der Waals surface area contributed by atoms with E-state index in [4.69, 9.17) is 20.3 Å². The van der Waals surface area contributed by atoms with Crippen LogP contribution in [0, 0.1) is 0 Å². The smallest absolute Gasteiger partial charge is 0.303 e. The van der Waals surface area contributed by atoms with Crippen LogP contribution < -0.4 is 15.2 Å². The number of ether oxygens (including phenoxy) is 2. The Bertz CT molecular complexity index is 1040. The van der Waals surface area contributed by atoms with Crippen LogP contribution in [0.2, 0.25) is 0 Å². The number of nitrogens with two attached hydrogens (primary N) is 1. The topological polar surface area (TPSA) is 98.9 Å². The van der Waals surface area contributed by atoms with Crippen molar-refractivity contribution in [1.82, 2.24) is 0 Å². The first-order chi connectivity index (χ1) is 15.0. The fourth-order valence-electron chi connectivity index (χ4n) is 3.13. The summed E-state index contributed by atoms with van der Waals surface area (Å²) in [4.78, 5) is 22.0. The normalized spacial score (nSPS) is 10.1. The second-order valence-corrected chi connectivity index (χ2v) is 7.11. The first kappa shape index (κ1) is 25.5. The average molecular weight is 442 g/mol. The molecule has 0 heterocycles. The number of hydrogen-bond acceptors (Lipinski definition) is 4. The van der Waals surface area contributed by atoms with E-state index in [0.29, 0.717) is 42.3 Å². The monoisotopic (exact) mass is 442 g/mol. The number of carboxylic acids is 1. The molecule has 0 unspecified atom stereocenters. The number of carbonyl (C=O) groups is 2. The van der Waals surface area contributed by atoms with Crippen LogP contribution in [0.4, 0.5) is 0 Å². The van der Waals surface area contributed by atoms with Crippen LogP contribution in [0.1, 0.15) is 24.8 Å². The molecule has 0 saturated heterocycles. The van der Waals surface area contributed by atoms with Crippen LogP contribution in [0.15, 0.2) is 72.8 Å². The largest absolute Gasteiger partial charge is 0.493 e. The molecule has 0 saturated carbocycles. The Morgan fingerprint density at radius 1 is 0.844 bits per heavy atom. The molecule has 7 heteroatoms. The Morgan fingerprint density at radius 2 is 1.56 bits per heavy atom. The Labute approximate surface area is 209 Å². The maximum Gasteiger partial charge on any atom is 0.303 e. The quantitative estimate of drug-likeness (QED) is 0.338. The van der Waals surface area contributed by atoms with E-state index in [0.717, 1.165) is 11.1 Å². The van der Waals surface area contributed by atoms with Gasteiger partial charge < -0.3 is 20.3 Å². The van der Waals surface area contributed by atoms with Crippen molar-refractivity contribution in [2.75, 3.05) is 6.61 Å². The molecule has 0 bridgehead atoms. The number of amides is 1. The van der Waals surface area contributed by atoms with Crippen LogP contribution in [-0.4, -0.2) is 53.1 Å². The number of unbranched alkanes of at least 4 members (excludes halogenated alkanes) is 1. The van der Waals surface area contributed by atoms with Gasteiger partial charge in [0.2, 0.25) is 5.91 Å². The fourth-order valence-corrected chi connectivity index (χ4v) is 3.13. The standard InChI is InChI=1S/C25H25NO5.Na/c26-24(27)16-20-12-13-22(17-23(20)30-14-5-4-11-25(28)29)31-21-10-6-9-19(15-21)18-7-2-1-3-8-18;/h1-3,6-10,12-13,15,17H,4-5,11,14,16H2,(H2,26,27)(H,28,29);. The summed E-state index contributed by atoms with van der Waals surface area (Å²) in [6.45, 7) is 0.339. The van der Waals surface area contributed by atoms with E-state index in [9.17, 15) is 9.59 Å². The first-order valence-corrected chi connectivity index (χ1v) is 10.1. The van der Waals surface area contributed by atoms with Crippen molar-refractivity contribution < 1.29 is 24.2 Å². The van der Waals surface area contributed by atoms with E-state index in [1.165, 1.54) is 0 Å². The molecule has 0 fully saturated rings. The molecule has 0 aliphatic carbocycles. The van der Waals surface area contributed by atoms with Crippen LogP contribution in [0.3, 0.4) is 0 Å². The molecule has 161 valence electrons. The zero-order valence-electron chi connectivity index (χ0n) is 18.1. The first-order valence-electron chi connectivity index (χ1n) is 10.1. The van der Waals surface area contributed by atoms with Gasteiger partial charge in [-0.1, -0.05) is 48.5 Å². The molecule has 0 atom stereocenters. The summed E-state index contributed by atoms with van der Waals surface area (Å²) in [5.74, 6) is 0.462. The van der Waals surface area contributed by atoms with Crippen LogP contribution in [0.5, 0.6) is 17.2 Å². The third-order valence-electron chi connectivity index (χ3n) is 4.62. The van der Waals surface area contributed by atoms with Crippen molar-refractivity contribution >= 4 is 41.4 Å². The van der Waals surface area contributed by atoms with Crippen molar-refractivity contribution in [2.24, 2.45) is 5.73 Å². The van der Waals surface area contributed by atoms with Crippen molar-refractivity contribution in [2.45, 2.75) is 25.7 Å². The van der Waals surface area contributed by atoms with Gasteiger partial charge in [0.05, 0.1) is 13.0 Å². The molecule has 0 aliphatic heterocycles. The average Bonchev–Trinajstić information content (AvgIpc) is 2.75. The van der Waals surface area contributed by atoms with Crippen molar-refractivity contribution in [3.05, 3.63) is 78.4 Å². The Morgan fingerprint density at radius 3 is 2.28 bits per heavy atom. The van der Waals surface area contributed by atoms with E-state index in [-0.39, 0.29) is 42.4 Å². The number of primary amides is 1. The van der Waals surface area contributed by atoms with E-state index in [1.54, 1.807) is 18.2 Å². The van der Waals surface area contributed by atoms with Crippen molar-refractivity contribution in [1.29, 1.82) is 0 Å². The summed E-state index contributed by atoms with van der Waals surface area (Å²) in [5, 5.41) is 8.73. The number of hydrogen-bond donors (Lipinski definition) is 2. The third kappa shape index (κ3) is 8.04. The van der Waals surface area contributed by atoms with Gasteiger partial charge in [0.25, 0.3) is 0 Å². The van der Waals surface area contributed by atoms with Crippen molar-refractivity contribution in [3.63, 3.8) is 0 Å². The van der Waals surface area contributed by atoms with Gasteiger partial charge in [-0.15, -0.1) is 0 Å². The molecule has 0 aliphatic rings. The molecule has 1 amide bonds. The molecular weight excluding hydrogens is 417 g/mol. The maximum atomic E-state index is 11.4. The molecule has 0 aromatic heterocycles. The minimum atomic E-state index is -0.831. The second-order valence-electron chi connectivity index (χ2n) is 7.11. The van der Waals surface area contributed by atoms with Gasteiger partial charge in [-0.05, 0) is 42.2 Å². The van der Waals surface area contributed by atoms with E-state index >= 15 is 0 Å². The molecule has 3 aromatic carbocycles. The summed E-state index contributed by atoms with van der Waals surface area (Å²) in [7, 11) is 0. The summed E-state index contributed by atoms with van der Waals surface area (Å²) in [5.41, 5.74) is 8.14. The maximum absolute atomic E-state index is 11.4. The molecule has 0 spiro atoms. The summed E-state index contributed by atoms with van der Waals surface area (Å²) in [6, 6.07) is 23.0. The predicted molar refractivity (Wildman–Crippen MR) is 124 cm³/mol. The zero-order valence-corrected chi connectivity index (χ0v) is 20.1. The number of carboxylic acid groups (broad SMARTS) is 1. The molecule has 1 radical (unpaired) electrons. The Hall–Kier alpha value is -2.80. The fraction of sp³-hybridized carbons (Fsp3) is 0.200. The predicted octanol–water partition coefficient (Wildman–Crippen LogP) is 4.43. The summed E-state index contributed by atoms with van der Waals surface area (Å²) < 4.78 is 11.8. The zero-order chi connectivity index (χ0) is 22.1. The second kappa shape index (κ2) is 12.9. The van der Waals surface area contributed by atoms with Crippen LogP contribution in [-0.2, 0) is 16.0 Å². The number of carbonyl (C=O) groups excluding carboxylic acids is 1. The van der Waals surface area contributed by atoms with E-state index < -0.39 is 11.9 Å². The number of rotatable bonds is 11. The molecule has 6 nitrogen and oxygen atoms in total. The van der Waals surface area contributed by atoms with Crippen molar-refractivity contribution in [3.8, 4) is 28.4 Å². The number of benzene rings is 3. The Kier molecular flexibility index (Phi) is 10.3. The summed E-state index contributed by atoms with van der Waals surface area (Å²) >= 11 is 0. The molecular formula is C25H25NNaO5.